The van der Waals surface area contributed by atoms with E-state index in [1.807, 2.05) is 42.5 Å². The quantitative estimate of drug-likeness (QED) is 0.872. The number of carbonyl (C=O) groups excluding carboxylic acids is 2. The number of para-hydroxylation sites is 1. The summed E-state index contributed by atoms with van der Waals surface area (Å²) in [5, 5.41) is 0. The molecule has 0 spiro atoms. The van der Waals surface area contributed by atoms with Gasteiger partial charge in [-0.05, 0) is 42.7 Å². The van der Waals surface area contributed by atoms with Crippen molar-refractivity contribution >= 4 is 23.2 Å². The third-order valence-corrected chi connectivity index (χ3v) is 4.67. The van der Waals surface area contributed by atoms with Crippen LogP contribution in [0.15, 0.2) is 54.6 Å². The molecule has 2 N–H and O–H groups in total. The van der Waals surface area contributed by atoms with Gasteiger partial charge in [0.15, 0.2) is 0 Å². The fourth-order valence-corrected chi connectivity index (χ4v) is 3.19. The van der Waals surface area contributed by atoms with Gasteiger partial charge in [0.25, 0.3) is 0 Å². The monoisotopic (exact) mass is 337 g/mol. The van der Waals surface area contributed by atoms with Gasteiger partial charge in [-0.1, -0.05) is 30.3 Å². The summed E-state index contributed by atoms with van der Waals surface area (Å²) in [4.78, 5) is 28.9. The summed E-state index contributed by atoms with van der Waals surface area (Å²) in [5.41, 5.74) is 8.13. The molecule has 5 nitrogen and oxygen atoms in total. The highest BCUT2D eigenvalue weighted by atomic mass is 16.2. The number of likely N-dealkylation sites (N-methyl/N-ethyl adjacent to an activating group) is 1. The molecular weight excluding hydrogens is 314 g/mol. The second-order valence-electron chi connectivity index (χ2n) is 6.41. The van der Waals surface area contributed by atoms with E-state index >= 15 is 0 Å². The first-order chi connectivity index (χ1) is 12.1. The van der Waals surface area contributed by atoms with Gasteiger partial charge < -0.3 is 15.5 Å². The Bertz CT molecular complexity index is 743. The Balaban J connectivity index is 1.70. The molecule has 1 aliphatic heterocycles. The van der Waals surface area contributed by atoms with Crippen LogP contribution in [-0.4, -0.2) is 36.3 Å². The zero-order valence-corrected chi connectivity index (χ0v) is 14.4. The van der Waals surface area contributed by atoms with Crippen molar-refractivity contribution in [2.24, 2.45) is 0 Å². The Labute approximate surface area is 148 Å². The van der Waals surface area contributed by atoms with Crippen molar-refractivity contribution in [2.45, 2.75) is 25.3 Å². The maximum atomic E-state index is 12.9. The molecule has 0 aliphatic carbocycles. The third kappa shape index (κ3) is 3.82. The molecular formula is C20H23N3O2. The maximum absolute atomic E-state index is 12.9. The van der Waals surface area contributed by atoms with Crippen molar-refractivity contribution < 1.29 is 9.59 Å². The molecule has 25 heavy (non-hydrogen) atoms. The van der Waals surface area contributed by atoms with Crippen molar-refractivity contribution in [3.05, 3.63) is 60.2 Å². The second kappa shape index (κ2) is 7.38. The number of amides is 2. The minimum Gasteiger partial charge on any atom is -0.399 e. The molecule has 1 saturated heterocycles. The fraction of sp³-hybridized carbons (Fsp3) is 0.300. The topological polar surface area (TPSA) is 66.6 Å². The number of hydrogen-bond donors (Lipinski definition) is 1. The van der Waals surface area contributed by atoms with Gasteiger partial charge in [-0.2, -0.15) is 0 Å². The number of anilines is 2. The Morgan fingerprint density at radius 1 is 1.16 bits per heavy atom. The minimum atomic E-state index is -0.407. The number of nitrogen functional groups attached to an aromatic ring is 1. The van der Waals surface area contributed by atoms with Crippen LogP contribution < -0.4 is 10.6 Å². The highest BCUT2D eigenvalue weighted by Gasteiger charge is 2.34. The minimum absolute atomic E-state index is 0.00870. The third-order valence-electron chi connectivity index (χ3n) is 4.67. The molecule has 0 radical (unpaired) electrons. The number of rotatable bonds is 4. The normalized spacial score (nSPS) is 17.4. The zero-order chi connectivity index (χ0) is 17.8. The number of benzene rings is 2. The molecule has 1 atom stereocenters. The maximum Gasteiger partial charge on any atom is 0.249 e. The summed E-state index contributed by atoms with van der Waals surface area (Å²) in [5.74, 6) is -0.0661. The van der Waals surface area contributed by atoms with Gasteiger partial charge in [0.1, 0.15) is 6.04 Å². The van der Waals surface area contributed by atoms with Gasteiger partial charge in [-0.15, -0.1) is 0 Å². The number of nitrogens with zero attached hydrogens (tertiary/aromatic N) is 2. The van der Waals surface area contributed by atoms with Gasteiger partial charge in [0.05, 0.1) is 6.42 Å². The van der Waals surface area contributed by atoms with Crippen LogP contribution in [0.5, 0.6) is 0 Å². The summed E-state index contributed by atoms with van der Waals surface area (Å²) < 4.78 is 0. The second-order valence-corrected chi connectivity index (χ2v) is 6.41. The first kappa shape index (κ1) is 17.0. The van der Waals surface area contributed by atoms with Gasteiger partial charge in [0.2, 0.25) is 11.8 Å². The molecule has 0 bridgehead atoms. The standard InChI is InChI=1S/C20H23N3O2/c1-22(19(24)14-15-9-11-16(21)12-10-15)18-8-5-13-23(20(18)25)17-6-3-2-4-7-17/h2-4,6-7,9-12,18H,5,8,13-14,21H2,1H3. The van der Waals surface area contributed by atoms with Crippen LogP contribution in [0.4, 0.5) is 11.4 Å². The number of hydrogen-bond acceptors (Lipinski definition) is 3. The molecule has 2 amide bonds. The predicted octanol–water partition coefficient (Wildman–Crippen LogP) is 2.47. The molecule has 0 aromatic heterocycles. The van der Waals surface area contributed by atoms with E-state index < -0.39 is 6.04 Å². The lowest BCUT2D eigenvalue weighted by Gasteiger charge is -2.37. The molecule has 1 heterocycles. The Hall–Kier alpha value is -2.82. The van der Waals surface area contributed by atoms with Crippen LogP contribution in [0.25, 0.3) is 0 Å². The SMILES string of the molecule is CN(C(=O)Cc1ccc(N)cc1)C1CCCN(c2ccccc2)C1=O. The zero-order valence-electron chi connectivity index (χ0n) is 14.4. The largest absolute Gasteiger partial charge is 0.399 e. The van der Waals surface area contributed by atoms with E-state index in [0.29, 0.717) is 18.7 Å². The van der Waals surface area contributed by atoms with E-state index in [0.717, 1.165) is 17.7 Å². The number of carbonyl (C=O) groups is 2. The van der Waals surface area contributed by atoms with Crippen molar-refractivity contribution in [1.29, 1.82) is 0 Å². The average Bonchev–Trinajstić information content (AvgIpc) is 2.64. The lowest BCUT2D eigenvalue weighted by atomic mass is 10.0. The summed E-state index contributed by atoms with van der Waals surface area (Å²) in [6.07, 6.45) is 1.85. The lowest BCUT2D eigenvalue weighted by Crippen LogP contribution is -2.53. The highest BCUT2D eigenvalue weighted by molar-refractivity contribution is 6.00. The van der Waals surface area contributed by atoms with Crippen molar-refractivity contribution in [1.82, 2.24) is 4.90 Å². The molecule has 3 rings (SSSR count). The molecule has 2 aromatic rings. The van der Waals surface area contributed by atoms with Crippen LogP contribution in [0, 0.1) is 0 Å². The van der Waals surface area contributed by atoms with Gasteiger partial charge in [0, 0.05) is 25.0 Å². The summed E-state index contributed by atoms with van der Waals surface area (Å²) in [6, 6.07) is 16.5. The number of nitrogens with two attached hydrogens (primary N) is 1. The van der Waals surface area contributed by atoms with Crippen molar-refractivity contribution in [3.8, 4) is 0 Å². The van der Waals surface area contributed by atoms with E-state index in [4.69, 9.17) is 5.73 Å². The fourth-order valence-electron chi connectivity index (χ4n) is 3.19. The van der Waals surface area contributed by atoms with Crippen LogP contribution in [0.3, 0.4) is 0 Å². The van der Waals surface area contributed by atoms with Crippen LogP contribution >= 0.6 is 0 Å². The first-order valence-corrected chi connectivity index (χ1v) is 8.53. The molecule has 2 aromatic carbocycles. The van der Waals surface area contributed by atoms with Crippen LogP contribution in [-0.2, 0) is 16.0 Å². The number of piperidine rings is 1. The Morgan fingerprint density at radius 2 is 1.84 bits per heavy atom. The van der Waals surface area contributed by atoms with E-state index in [2.05, 4.69) is 0 Å². The summed E-state index contributed by atoms with van der Waals surface area (Å²) >= 11 is 0. The van der Waals surface area contributed by atoms with Gasteiger partial charge in [-0.25, -0.2) is 0 Å². The van der Waals surface area contributed by atoms with Crippen LogP contribution in [0.1, 0.15) is 18.4 Å². The Kier molecular flexibility index (Phi) is 5.03. The van der Waals surface area contributed by atoms with Gasteiger partial charge >= 0.3 is 0 Å². The molecule has 5 heteroatoms. The highest BCUT2D eigenvalue weighted by Crippen LogP contribution is 2.23. The first-order valence-electron chi connectivity index (χ1n) is 8.53. The summed E-state index contributed by atoms with van der Waals surface area (Å²) in [7, 11) is 1.72. The predicted molar refractivity (Wildman–Crippen MR) is 99.1 cm³/mol. The van der Waals surface area contributed by atoms with E-state index in [1.165, 1.54) is 0 Å². The van der Waals surface area contributed by atoms with Crippen molar-refractivity contribution in [2.75, 3.05) is 24.2 Å². The molecule has 1 unspecified atom stereocenters. The molecule has 1 aliphatic rings. The van der Waals surface area contributed by atoms with Crippen LogP contribution in [0.2, 0.25) is 0 Å². The van der Waals surface area contributed by atoms with Crippen molar-refractivity contribution in [3.63, 3.8) is 0 Å². The Morgan fingerprint density at radius 3 is 2.52 bits per heavy atom. The molecule has 0 saturated carbocycles. The molecule has 1 fully saturated rings. The average molecular weight is 337 g/mol. The van der Waals surface area contributed by atoms with Gasteiger partial charge in [-0.3, -0.25) is 9.59 Å². The van der Waals surface area contributed by atoms with E-state index in [1.54, 1.807) is 29.0 Å². The van der Waals surface area contributed by atoms with E-state index in [9.17, 15) is 9.59 Å². The summed E-state index contributed by atoms with van der Waals surface area (Å²) in [6.45, 7) is 0.694. The lowest BCUT2D eigenvalue weighted by molar-refractivity contribution is -0.138. The molecule has 130 valence electrons. The smallest absolute Gasteiger partial charge is 0.249 e. The van der Waals surface area contributed by atoms with E-state index in [-0.39, 0.29) is 18.2 Å².